The minimum absolute atomic E-state index is 0.744. The number of hydrogen-bond acceptors (Lipinski definition) is 1. The van der Waals surface area contributed by atoms with Crippen LogP contribution in [0.3, 0.4) is 0 Å². The summed E-state index contributed by atoms with van der Waals surface area (Å²) < 4.78 is 2.09. The quantitative estimate of drug-likeness (QED) is 0.512. The number of fused-ring (bicyclic) bond motifs is 1. The number of carbonyl (C=O) groups is 1. The standard InChI is InChI=1S/C20H25NO/c1-15(2)6-5-7-16(3)10-11-21-19(14-22)13-18-12-17(4)8-9-20(18)21/h6,8-10,12-14H,5,7,11H2,1-4H3/b16-10+. The molecule has 2 heteroatoms. The number of hydrogen-bond donors (Lipinski definition) is 0. The van der Waals surface area contributed by atoms with Gasteiger partial charge >= 0.3 is 0 Å². The van der Waals surface area contributed by atoms with Gasteiger partial charge in [0.15, 0.2) is 6.29 Å². The highest BCUT2D eigenvalue weighted by atomic mass is 16.1. The van der Waals surface area contributed by atoms with Crippen LogP contribution in [0.4, 0.5) is 0 Å². The molecule has 0 atom stereocenters. The Morgan fingerprint density at radius 3 is 2.59 bits per heavy atom. The Kier molecular flexibility index (Phi) is 5.37. The number of benzene rings is 1. The zero-order chi connectivity index (χ0) is 16.1. The molecule has 1 aromatic heterocycles. The summed E-state index contributed by atoms with van der Waals surface area (Å²) >= 11 is 0. The van der Waals surface area contributed by atoms with Crippen LogP contribution in [0.1, 0.15) is 49.7 Å². The van der Waals surface area contributed by atoms with Crippen molar-refractivity contribution in [1.29, 1.82) is 0 Å². The molecule has 0 amide bonds. The van der Waals surface area contributed by atoms with Crippen LogP contribution in [-0.2, 0) is 6.54 Å². The fraction of sp³-hybridized carbons (Fsp3) is 0.350. The summed E-state index contributed by atoms with van der Waals surface area (Å²) in [4.78, 5) is 11.3. The number of allylic oxidation sites excluding steroid dienone is 4. The van der Waals surface area contributed by atoms with Gasteiger partial charge in [0, 0.05) is 17.4 Å². The van der Waals surface area contributed by atoms with Crippen molar-refractivity contribution in [1.82, 2.24) is 4.57 Å². The molecule has 1 heterocycles. The highest BCUT2D eigenvalue weighted by Crippen LogP contribution is 2.21. The van der Waals surface area contributed by atoms with Gasteiger partial charge in [0.05, 0.1) is 5.69 Å². The Hall–Kier alpha value is -2.09. The molecule has 0 unspecified atom stereocenters. The van der Waals surface area contributed by atoms with Crippen LogP contribution in [0.2, 0.25) is 0 Å². The van der Waals surface area contributed by atoms with E-state index in [1.807, 2.05) is 6.07 Å². The van der Waals surface area contributed by atoms with E-state index in [0.29, 0.717) is 0 Å². The van der Waals surface area contributed by atoms with E-state index in [1.54, 1.807) is 0 Å². The molecule has 0 aliphatic carbocycles. The van der Waals surface area contributed by atoms with Crippen LogP contribution in [-0.4, -0.2) is 10.9 Å². The molecule has 0 fully saturated rings. The summed E-state index contributed by atoms with van der Waals surface area (Å²) in [5, 5.41) is 1.14. The van der Waals surface area contributed by atoms with Gasteiger partial charge in [-0.15, -0.1) is 0 Å². The van der Waals surface area contributed by atoms with Crippen molar-refractivity contribution >= 4 is 17.2 Å². The number of aryl methyl sites for hydroxylation is 1. The van der Waals surface area contributed by atoms with Crippen molar-refractivity contribution in [3.63, 3.8) is 0 Å². The second kappa shape index (κ2) is 7.26. The third kappa shape index (κ3) is 3.97. The molecule has 0 N–H and O–H groups in total. The molecule has 0 bridgehead atoms. The first-order valence-electron chi connectivity index (χ1n) is 7.85. The Morgan fingerprint density at radius 1 is 1.14 bits per heavy atom. The predicted octanol–water partition coefficient (Wildman–Crippen LogP) is 5.45. The van der Waals surface area contributed by atoms with E-state index in [9.17, 15) is 4.79 Å². The highest BCUT2D eigenvalue weighted by molar-refractivity contribution is 5.89. The maximum absolute atomic E-state index is 11.3. The maximum atomic E-state index is 11.3. The lowest BCUT2D eigenvalue weighted by atomic mass is 10.1. The van der Waals surface area contributed by atoms with E-state index in [4.69, 9.17) is 0 Å². The highest BCUT2D eigenvalue weighted by Gasteiger charge is 2.07. The Balaban J connectivity index is 2.20. The molecule has 2 nitrogen and oxygen atoms in total. The van der Waals surface area contributed by atoms with E-state index < -0.39 is 0 Å². The normalized spacial score (nSPS) is 11.7. The Labute approximate surface area is 133 Å². The van der Waals surface area contributed by atoms with Crippen LogP contribution >= 0.6 is 0 Å². The molecule has 0 aliphatic rings. The summed E-state index contributed by atoms with van der Waals surface area (Å²) in [6, 6.07) is 8.30. The first kappa shape index (κ1) is 16.3. The van der Waals surface area contributed by atoms with Crippen LogP contribution < -0.4 is 0 Å². The molecule has 0 saturated heterocycles. The molecule has 116 valence electrons. The minimum atomic E-state index is 0.744. The molecule has 0 aliphatic heterocycles. The minimum Gasteiger partial charge on any atom is -0.334 e. The Bertz CT molecular complexity index is 727. The van der Waals surface area contributed by atoms with Gasteiger partial charge in [-0.05, 0) is 58.7 Å². The molecular weight excluding hydrogens is 270 g/mol. The summed E-state index contributed by atoms with van der Waals surface area (Å²) in [5.74, 6) is 0. The number of rotatable bonds is 6. The Morgan fingerprint density at radius 2 is 1.91 bits per heavy atom. The monoisotopic (exact) mass is 295 g/mol. The van der Waals surface area contributed by atoms with Gasteiger partial charge in [-0.2, -0.15) is 0 Å². The first-order valence-corrected chi connectivity index (χ1v) is 7.85. The summed E-state index contributed by atoms with van der Waals surface area (Å²) in [6.07, 6.45) is 7.59. The van der Waals surface area contributed by atoms with Gasteiger partial charge in [0.25, 0.3) is 0 Å². The van der Waals surface area contributed by atoms with Gasteiger partial charge < -0.3 is 4.57 Å². The number of nitrogens with zero attached hydrogens (tertiary/aromatic N) is 1. The number of carbonyl (C=O) groups excluding carboxylic acids is 1. The van der Waals surface area contributed by atoms with Crippen molar-refractivity contribution in [3.05, 3.63) is 58.8 Å². The molecule has 22 heavy (non-hydrogen) atoms. The molecule has 2 aromatic rings. The molecule has 0 radical (unpaired) electrons. The smallest absolute Gasteiger partial charge is 0.166 e. The topological polar surface area (TPSA) is 22.0 Å². The zero-order valence-corrected chi connectivity index (χ0v) is 14.0. The van der Waals surface area contributed by atoms with E-state index in [2.05, 4.69) is 62.6 Å². The van der Waals surface area contributed by atoms with Gasteiger partial charge in [-0.3, -0.25) is 4.79 Å². The summed E-state index contributed by atoms with van der Waals surface area (Å²) in [6.45, 7) is 9.24. The maximum Gasteiger partial charge on any atom is 0.166 e. The molecular formula is C20H25NO. The number of aldehydes is 1. The lowest BCUT2D eigenvalue weighted by Crippen LogP contribution is -2.00. The third-order valence-electron chi connectivity index (χ3n) is 3.92. The van der Waals surface area contributed by atoms with E-state index in [1.165, 1.54) is 16.7 Å². The third-order valence-corrected chi connectivity index (χ3v) is 3.92. The molecule has 0 saturated carbocycles. The van der Waals surface area contributed by atoms with Crippen molar-refractivity contribution in [3.8, 4) is 0 Å². The van der Waals surface area contributed by atoms with Crippen LogP contribution in [0.15, 0.2) is 47.6 Å². The van der Waals surface area contributed by atoms with Gasteiger partial charge in [0.1, 0.15) is 0 Å². The van der Waals surface area contributed by atoms with Crippen molar-refractivity contribution in [2.24, 2.45) is 0 Å². The first-order chi connectivity index (χ1) is 10.5. The van der Waals surface area contributed by atoms with Crippen molar-refractivity contribution < 1.29 is 4.79 Å². The van der Waals surface area contributed by atoms with Gasteiger partial charge in [0.2, 0.25) is 0 Å². The average molecular weight is 295 g/mol. The predicted molar refractivity (Wildman–Crippen MR) is 94.5 cm³/mol. The largest absolute Gasteiger partial charge is 0.334 e. The van der Waals surface area contributed by atoms with Crippen molar-refractivity contribution in [2.45, 2.75) is 47.1 Å². The molecule has 2 rings (SSSR count). The second-order valence-electron chi connectivity index (χ2n) is 6.23. The van der Waals surface area contributed by atoms with Gasteiger partial charge in [-0.25, -0.2) is 0 Å². The average Bonchev–Trinajstić information content (AvgIpc) is 2.81. The summed E-state index contributed by atoms with van der Waals surface area (Å²) in [7, 11) is 0. The van der Waals surface area contributed by atoms with Crippen LogP contribution in [0.25, 0.3) is 10.9 Å². The van der Waals surface area contributed by atoms with E-state index in [-0.39, 0.29) is 0 Å². The fourth-order valence-corrected chi connectivity index (χ4v) is 2.65. The van der Waals surface area contributed by atoms with E-state index >= 15 is 0 Å². The lowest BCUT2D eigenvalue weighted by molar-refractivity contribution is 0.111. The molecule has 1 aromatic carbocycles. The fourth-order valence-electron chi connectivity index (χ4n) is 2.65. The van der Waals surface area contributed by atoms with Crippen LogP contribution in [0.5, 0.6) is 0 Å². The second-order valence-corrected chi connectivity index (χ2v) is 6.23. The van der Waals surface area contributed by atoms with Crippen LogP contribution in [0, 0.1) is 6.92 Å². The summed E-state index contributed by atoms with van der Waals surface area (Å²) in [5.41, 5.74) is 5.82. The SMILES string of the molecule is CC(C)=CCC/C(C)=C/Cn1c(C=O)cc2cc(C)ccc21. The van der Waals surface area contributed by atoms with Gasteiger partial charge in [-0.1, -0.05) is 34.9 Å². The van der Waals surface area contributed by atoms with Crippen molar-refractivity contribution in [2.75, 3.05) is 0 Å². The zero-order valence-electron chi connectivity index (χ0n) is 14.0. The van der Waals surface area contributed by atoms with E-state index in [0.717, 1.165) is 42.3 Å². The molecule has 0 spiro atoms. The lowest BCUT2D eigenvalue weighted by Gasteiger charge is -2.06. The number of aromatic nitrogens is 1.